The number of hydrogen-bond acceptors (Lipinski definition) is 3. The molecular weight excluding hydrogens is 262 g/mol. The Morgan fingerprint density at radius 1 is 1.48 bits per heavy atom. The molecule has 21 heavy (non-hydrogen) atoms. The van der Waals surface area contributed by atoms with Crippen LogP contribution in [0.3, 0.4) is 0 Å². The number of carbonyl (C=O) groups excluding carboxylic acids is 1. The van der Waals surface area contributed by atoms with Crippen LogP contribution in [0.15, 0.2) is 18.2 Å². The quantitative estimate of drug-likeness (QED) is 0.845. The first-order chi connectivity index (χ1) is 9.97. The normalized spacial score (nSPS) is 18.2. The molecule has 4 nitrogen and oxygen atoms in total. The van der Waals surface area contributed by atoms with Crippen LogP contribution in [-0.2, 0) is 0 Å². The van der Waals surface area contributed by atoms with E-state index in [1.54, 1.807) is 0 Å². The summed E-state index contributed by atoms with van der Waals surface area (Å²) in [6.45, 7) is 9.59. The minimum atomic E-state index is -0.355. The molecule has 0 aromatic heterocycles. The molecule has 1 atom stereocenters. The van der Waals surface area contributed by atoms with E-state index in [0.717, 1.165) is 25.2 Å². The Bertz CT molecular complexity index is 493. The van der Waals surface area contributed by atoms with Crippen molar-refractivity contribution in [2.45, 2.75) is 39.7 Å². The highest BCUT2D eigenvalue weighted by molar-refractivity contribution is 5.94. The lowest BCUT2D eigenvalue weighted by atomic mass is 10.1. The summed E-state index contributed by atoms with van der Waals surface area (Å²) in [5, 5.41) is 3.56. The van der Waals surface area contributed by atoms with Crippen molar-refractivity contribution in [1.29, 1.82) is 0 Å². The van der Waals surface area contributed by atoms with E-state index in [4.69, 9.17) is 5.73 Å². The number of nitrogens with one attached hydrogen (secondary N) is 1. The third-order valence-electron chi connectivity index (χ3n) is 4.03. The maximum Gasteiger partial charge on any atom is 0.248 e. The van der Waals surface area contributed by atoms with Crippen molar-refractivity contribution in [3.05, 3.63) is 29.3 Å². The molecule has 2 rings (SSSR count). The Morgan fingerprint density at radius 2 is 2.24 bits per heavy atom. The minimum Gasteiger partial charge on any atom is -0.370 e. The third kappa shape index (κ3) is 4.21. The summed E-state index contributed by atoms with van der Waals surface area (Å²) in [6.07, 6.45) is 2.51. The highest BCUT2D eigenvalue weighted by Crippen LogP contribution is 2.22. The molecule has 1 aromatic carbocycles. The van der Waals surface area contributed by atoms with E-state index in [9.17, 15) is 4.79 Å². The van der Waals surface area contributed by atoms with Gasteiger partial charge in [-0.2, -0.15) is 0 Å². The van der Waals surface area contributed by atoms with Gasteiger partial charge in [0.1, 0.15) is 0 Å². The highest BCUT2D eigenvalue weighted by atomic mass is 16.1. The number of nitrogens with zero attached hydrogens (tertiary/aromatic N) is 1. The second-order valence-electron chi connectivity index (χ2n) is 6.46. The molecule has 4 heteroatoms. The highest BCUT2D eigenvalue weighted by Gasteiger charge is 2.19. The lowest BCUT2D eigenvalue weighted by molar-refractivity contribution is 0.0999. The van der Waals surface area contributed by atoms with Crippen LogP contribution in [0.1, 0.15) is 42.6 Å². The van der Waals surface area contributed by atoms with Gasteiger partial charge in [0, 0.05) is 30.4 Å². The Hall–Kier alpha value is -1.55. The SMILES string of the molecule is Cc1cc(N(CC(C)C)CC2CCCN2)ccc1C(N)=O. The first-order valence-electron chi connectivity index (χ1n) is 7.86. The van der Waals surface area contributed by atoms with Crippen molar-refractivity contribution in [3.8, 4) is 0 Å². The maximum atomic E-state index is 11.4. The molecule has 1 aliphatic rings. The molecule has 0 radical (unpaired) electrons. The van der Waals surface area contributed by atoms with Crippen molar-refractivity contribution < 1.29 is 4.79 Å². The van der Waals surface area contributed by atoms with E-state index >= 15 is 0 Å². The number of carbonyl (C=O) groups is 1. The standard InChI is InChI=1S/C17H27N3O/c1-12(2)10-20(11-14-5-4-8-19-14)15-6-7-16(17(18)21)13(3)9-15/h6-7,9,12,14,19H,4-5,8,10-11H2,1-3H3,(H2,18,21). The number of nitrogens with two attached hydrogens (primary N) is 1. The lowest BCUT2D eigenvalue weighted by Crippen LogP contribution is -2.39. The van der Waals surface area contributed by atoms with Gasteiger partial charge in [-0.3, -0.25) is 4.79 Å². The molecule has 1 fully saturated rings. The van der Waals surface area contributed by atoms with Gasteiger partial charge < -0.3 is 16.0 Å². The smallest absolute Gasteiger partial charge is 0.248 e. The lowest BCUT2D eigenvalue weighted by Gasteiger charge is -2.30. The minimum absolute atomic E-state index is 0.355. The maximum absolute atomic E-state index is 11.4. The van der Waals surface area contributed by atoms with Gasteiger partial charge in [-0.1, -0.05) is 13.8 Å². The van der Waals surface area contributed by atoms with Gasteiger partial charge in [0.2, 0.25) is 5.91 Å². The van der Waals surface area contributed by atoms with E-state index in [-0.39, 0.29) is 5.91 Å². The van der Waals surface area contributed by atoms with Crippen molar-refractivity contribution in [2.24, 2.45) is 11.7 Å². The van der Waals surface area contributed by atoms with Crippen LogP contribution < -0.4 is 16.0 Å². The van der Waals surface area contributed by atoms with Gasteiger partial charge in [-0.05, 0) is 56.0 Å². The second-order valence-corrected chi connectivity index (χ2v) is 6.46. The molecule has 1 amide bonds. The number of rotatable bonds is 6. The van der Waals surface area contributed by atoms with Gasteiger partial charge in [-0.25, -0.2) is 0 Å². The first kappa shape index (κ1) is 15.8. The number of amides is 1. The van der Waals surface area contributed by atoms with Gasteiger partial charge in [0.15, 0.2) is 0 Å². The monoisotopic (exact) mass is 289 g/mol. The molecule has 116 valence electrons. The average Bonchev–Trinajstić information content (AvgIpc) is 2.89. The largest absolute Gasteiger partial charge is 0.370 e. The number of primary amides is 1. The van der Waals surface area contributed by atoms with Gasteiger partial charge >= 0.3 is 0 Å². The zero-order valence-corrected chi connectivity index (χ0v) is 13.4. The van der Waals surface area contributed by atoms with Crippen LogP contribution in [0.2, 0.25) is 0 Å². The zero-order valence-electron chi connectivity index (χ0n) is 13.4. The fraction of sp³-hybridized carbons (Fsp3) is 0.588. The molecule has 0 aliphatic carbocycles. The first-order valence-corrected chi connectivity index (χ1v) is 7.86. The molecule has 1 saturated heterocycles. The van der Waals surface area contributed by atoms with Crippen LogP contribution in [-0.4, -0.2) is 31.6 Å². The van der Waals surface area contributed by atoms with Gasteiger partial charge in [-0.15, -0.1) is 0 Å². The predicted octanol–water partition coefficient (Wildman–Crippen LogP) is 2.31. The molecular formula is C17H27N3O. The van der Waals surface area contributed by atoms with E-state index in [1.165, 1.54) is 18.5 Å². The summed E-state index contributed by atoms with van der Waals surface area (Å²) in [5.74, 6) is 0.245. The summed E-state index contributed by atoms with van der Waals surface area (Å²) in [6, 6.07) is 6.52. The predicted molar refractivity (Wildman–Crippen MR) is 87.8 cm³/mol. The van der Waals surface area contributed by atoms with Crippen molar-refractivity contribution in [3.63, 3.8) is 0 Å². The van der Waals surface area contributed by atoms with Crippen LogP contribution in [0.5, 0.6) is 0 Å². The average molecular weight is 289 g/mol. The third-order valence-corrected chi connectivity index (χ3v) is 4.03. The van der Waals surface area contributed by atoms with Gasteiger partial charge in [0.05, 0.1) is 0 Å². The number of benzene rings is 1. The molecule has 1 aromatic rings. The molecule has 0 spiro atoms. The second kappa shape index (κ2) is 6.94. The molecule has 1 unspecified atom stereocenters. The van der Waals surface area contributed by atoms with Crippen LogP contribution in [0.4, 0.5) is 5.69 Å². The molecule has 1 aliphatic heterocycles. The summed E-state index contributed by atoms with van der Waals surface area (Å²) < 4.78 is 0. The Morgan fingerprint density at radius 3 is 2.76 bits per heavy atom. The molecule has 1 heterocycles. The molecule has 0 saturated carbocycles. The summed E-state index contributed by atoms with van der Waals surface area (Å²) in [4.78, 5) is 13.8. The van der Waals surface area contributed by atoms with Crippen LogP contribution in [0, 0.1) is 12.8 Å². The summed E-state index contributed by atoms with van der Waals surface area (Å²) in [5.41, 5.74) is 8.14. The number of aryl methyl sites for hydroxylation is 1. The van der Waals surface area contributed by atoms with E-state index in [2.05, 4.69) is 30.1 Å². The Kier molecular flexibility index (Phi) is 5.23. The fourth-order valence-corrected chi connectivity index (χ4v) is 3.03. The van der Waals surface area contributed by atoms with Crippen molar-refractivity contribution >= 4 is 11.6 Å². The molecule has 0 bridgehead atoms. The fourth-order valence-electron chi connectivity index (χ4n) is 3.03. The molecule has 3 N–H and O–H groups in total. The van der Waals surface area contributed by atoms with Crippen LogP contribution >= 0.6 is 0 Å². The van der Waals surface area contributed by atoms with Crippen molar-refractivity contribution in [1.82, 2.24) is 5.32 Å². The number of anilines is 1. The van der Waals surface area contributed by atoms with E-state index in [0.29, 0.717) is 17.5 Å². The van der Waals surface area contributed by atoms with Crippen LogP contribution in [0.25, 0.3) is 0 Å². The number of hydrogen-bond donors (Lipinski definition) is 2. The van der Waals surface area contributed by atoms with E-state index < -0.39 is 0 Å². The van der Waals surface area contributed by atoms with Crippen molar-refractivity contribution in [2.75, 3.05) is 24.5 Å². The topological polar surface area (TPSA) is 58.4 Å². The zero-order chi connectivity index (χ0) is 15.4. The van der Waals surface area contributed by atoms with E-state index in [1.807, 2.05) is 19.1 Å². The summed E-state index contributed by atoms with van der Waals surface area (Å²) in [7, 11) is 0. The summed E-state index contributed by atoms with van der Waals surface area (Å²) >= 11 is 0. The Labute approximate surface area is 127 Å². The Balaban J connectivity index is 2.18. The van der Waals surface area contributed by atoms with Gasteiger partial charge in [0.25, 0.3) is 0 Å².